The summed E-state index contributed by atoms with van der Waals surface area (Å²) in [6, 6.07) is 7.05. The van der Waals surface area contributed by atoms with Crippen LogP contribution in [0.1, 0.15) is 59.2 Å². The number of benzene rings is 2. The van der Waals surface area contributed by atoms with Gasteiger partial charge in [-0.1, -0.05) is 0 Å². The summed E-state index contributed by atoms with van der Waals surface area (Å²) in [7, 11) is 0. The topological polar surface area (TPSA) is 61.8 Å². The SMILES string of the molecule is O=C1c2c(nc(N3CCC(N4CCCC4)CC3)nc2-c2ccc(F)cc2)OCCCN1Cc1cc(C(F)(F)F)cc(C(F)(F)F)c1. The lowest BCUT2D eigenvalue weighted by Crippen LogP contribution is -2.44. The Bertz CT molecular complexity index is 1530. The number of ether oxygens (including phenoxy) is 1. The Hall–Kier alpha value is -3.94. The van der Waals surface area contributed by atoms with Crippen LogP contribution in [0.15, 0.2) is 42.5 Å². The maximum absolute atomic E-state index is 14.1. The molecule has 0 unspecified atom stereocenters. The second-order valence-electron chi connectivity index (χ2n) is 11.9. The second-order valence-corrected chi connectivity index (χ2v) is 11.9. The molecule has 0 N–H and O–H groups in total. The zero-order valence-corrected chi connectivity index (χ0v) is 24.8. The number of aromatic nitrogens is 2. The van der Waals surface area contributed by atoms with E-state index in [1.54, 1.807) is 0 Å². The Labute approximate surface area is 261 Å². The molecular weight excluding hydrogens is 619 g/mol. The monoisotopic (exact) mass is 651 g/mol. The van der Waals surface area contributed by atoms with Gasteiger partial charge >= 0.3 is 12.4 Å². The van der Waals surface area contributed by atoms with Gasteiger partial charge in [0, 0.05) is 37.8 Å². The first-order valence-electron chi connectivity index (χ1n) is 15.2. The standard InChI is InChI=1S/C32H32F7N5O2/c33-24-6-4-21(5-7-24)27-26-28(41-30(40-27)43-13-8-25(9-14-43)42-10-1-2-11-42)46-15-3-12-44(29(26)45)19-20-16-22(31(34,35)36)18-23(17-20)32(37,38)39/h4-7,16-18,25H,1-3,8-15,19H2. The summed E-state index contributed by atoms with van der Waals surface area (Å²) in [5.74, 6) is -0.954. The predicted molar refractivity (Wildman–Crippen MR) is 155 cm³/mol. The normalized spacial score (nSPS) is 18.7. The van der Waals surface area contributed by atoms with Crippen LogP contribution in [0, 0.1) is 5.82 Å². The predicted octanol–water partition coefficient (Wildman–Crippen LogP) is 6.81. The zero-order valence-electron chi connectivity index (χ0n) is 24.8. The fourth-order valence-electron chi connectivity index (χ4n) is 6.39. The number of carbonyl (C=O) groups excluding carboxylic acids is 1. The first-order valence-corrected chi connectivity index (χ1v) is 15.2. The van der Waals surface area contributed by atoms with Crippen molar-refractivity contribution in [3.63, 3.8) is 0 Å². The van der Waals surface area contributed by atoms with Gasteiger partial charge in [0.15, 0.2) is 0 Å². The molecule has 2 aromatic carbocycles. The zero-order chi connectivity index (χ0) is 32.6. The molecule has 14 heteroatoms. The Kier molecular flexibility index (Phi) is 8.83. The van der Waals surface area contributed by atoms with Crippen molar-refractivity contribution >= 4 is 11.9 Å². The molecule has 0 atom stereocenters. The van der Waals surface area contributed by atoms with Gasteiger partial charge in [0.2, 0.25) is 11.8 Å². The van der Waals surface area contributed by atoms with Crippen LogP contribution in [0.5, 0.6) is 5.88 Å². The Morgan fingerprint density at radius 3 is 2.04 bits per heavy atom. The number of carbonyl (C=O) groups is 1. The molecule has 1 aromatic heterocycles. The van der Waals surface area contributed by atoms with Crippen LogP contribution in [0.25, 0.3) is 11.3 Å². The van der Waals surface area contributed by atoms with E-state index in [1.807, 2.05) is 4.90 Å². The van der Waals surface area contributed by atoms with E-state index in [-0.39, 0.29) is 48.3 Å². The van der Waals surface area contributed by atoms with E-state index in [0.29, 0.717) is 42.8 Å². The number of halogens is 7. The minimum atomic E-state index is -5.03. The summed E-state index contributed by atoms with van der Waals surface area (Å²) in [5.41, 5.74) is -2.84. The lowest BCUT2D eigenvalue weighted by atomic mass is 10.0. The fourth-order valence-corrected chi connectivity index (χ4v) is 6.39. The highest BCUT2D eigenvalue weighted by atomic mass is 19.4. The molecule has 0 bridgehead atoms. The molecule has 0 saturated carbocycles. The lowest BCUT2D eigenvalue weighted by molar-refractivity contribution is -0.143. The number of piperidine rings is 1. The quantitative estimate of drug-likeness (QED) is 0.283. The first kappa shape index (κ1) is 32.0. The third kappa shape index (κ3) is 6.91. The maximum Gasteiger partial charge on any atom is 0.416 e. The summed E-state index contributed by atoms with van der Waals surface area (Å²) < 4.78 is 101. The molecular formula is C32H32F7N5O2. The molecule has 3 aliphatic rings. The summed E-state index contributed by atoms with van der Waals surface area (Å²) >= 11 is 0. The maximum atomic E-state index is 14.1. The Morgan fingerprint density at radius 1 is 0.804 bits per heavy atom. The number of hydrogen-bond acceptors (Lipinski definition) is 6. The number of anilines is 1. The van der Waals surface area contributed by atoms with Gasteiger partial charge in [0.25, 0.3) is 5.91 Å². The summed E-state index contributed by atoms with van der Waals surface area (Å²) in [5, 5.41) is 0. The van der Waals surface area contributed by atoms with Gasteiger partial charge in [-0.25, -0.2) is 9.37 Å². The van der Waals surface area contributed by atoms with Gasteiger partial charge in [-0.05, 0) is 93.2 Å². The number of rotatable bonds is 5. The lowest BCUT2D eigenvalue weighted by Gasteiger charge is -2.37. The van der Waals surface area contributed by atoms with Crippen molar-refractivity contribution in [2.45, 2.75) is 57.0 Å². The largest absolute Gasteiger partial charge is 0.477 e. The highest BCUT2D eigenvalue weighted by Crippen LogP contribution is 2.38. The smallest absolute Gasteiger partial charge is 0.416 e. The van der Waals surface area contributed by atoms with E-state index in [9.17, 15) is 35.5 Å². The third-order valence-electron chi connectivity index (χ3n) is 8.72. The van der Waals surface area contributed by atoms with Crippen LogP contribution < -0.4 is 9.64 Å². The van der Waals surface area contributed by atoms with Crippen molar-refractivity contribution in [2.75, 3.05) is 44.2 Å². The number of hydrogen-bond donors (Lipinski definition) is 0. The average Bonchev–Trinajstić information content (AvgIpc) is 3.56. The molecule has 7 nitrogen and oxygen atoms in total. The fraction of sp³-hybridized carbons (Fsp3) is 0.469. The van der Waals surface area contributed by atoms with E-state index >= 15 is 0 Å². The van der Waals surface area contributed by atoms with Gasteiger partial charge in [-0.3, -0.25) is 4.79 Å². The van der Waals surface area contributed by atoms with E-state index in [0.717, 1.165) is 25.9 Å². The van der Waals surface area contributed by atoms with Gasteiger partial charge in [0.05, 0.1) is 23.4 Å². The molecule has 1 amide bonds. The van der Waals surface area contributed by atoms with Crippen molar-refractivity contribution in [3.8, 4) is 17.1 Å². The molecule has 0 spiro atoms. The number of nitrogens with zero attached hydrogens (tertiary/aromatic N) is 5. The summed E-state index contributed by atoms with van der Waals surface area (Å²) in [6.07, 6.45) is -5.63. The number of alkyl halides is 6. The minimum absolute atomic E-state index is 0.00943. The number of amides is 1. The molecule has 2 saturated heterocycles. The molecule has 4 heterocycles. The molecule has 246 valence electrons. The van der Waals surface area contributed by atoms with Gasteiger partial charge < -0.3 is 19.4 Å². The first-order chi connectivity index (χ1) is 21.9. The third-order valence-corrected chi connectivity index (χ3v) is 8.72. The van der Waals surface area contributed by atoms with Gasteiger partial charge in [-0.2, -0.15) is 31.3 Å². The Morgan fingerprint density at radius 2 is 1.43 bits per heavy atom. The van der Waals surface area contributed by atoms with Crippen molar-refractivity contribution in [3.05, 3.63) is 70.5 Å². The second kappa shape index (κ2) is 12.7. The van der Waals surface area contributed by atoms with Crippen molar-refractivity contribution < 1.29 is 40.3 Å². The Balaban J connectivity index is 1.36. The summed E-state index contributed by atoms with van der Waals surface area (Å²) in [4.78, 5) is 29.2. The van der Waals surface area contributed by atoms with E-state index in [2.05, 4.69) is 9.88 Å². The molecule has 0 aliphatic carbocycles. The van der Waals surface area contributed by atoms with Crippen molar-refractivity contribution in [1.29, 1.82) is 0 Å². The van der Waals surface area contributed by atoms with Crippen LogP contribution >= 0.6 is 0 Å². The van der Waals surface area contributed by atoms with Crippen molar-refractivity contribution in [1.82, 2.24) is 19.8 Å². The molecule has 6 rings (SSSR count). The van der Waals surface area contributed by atoms with Gasteiger partial charge in [0.1, 0.15) is 11.4 Å². The molecule has 2 fully saturated rings. The van der Waals surface area contributed by atoms with Crippen LogP contribution in [-0.2, 0) is 18.9 Å². The minimum Gasteiger partial charge on any atom is -0.477 e. The van der Waals surface area contributed by atoms with Crippen LogP contribution in [0.3, 0.4) is 0 Å². The summed E-state index contributed by atoms with van der Waals surface area (Å²) in [6.45, 7) is 3.05. The van der Waals surface area contributed by atoms with E-state index < -0.39 is 41.7 Å². The molecule has 3 aromatic rings. The number of fused-ring (bicyclic) bond motifs is 1. The molecule has 46 heavy (non-hydrogen) atoms. The molecule has 0 radical (unpaired) electrons. The van der Waals surface area contributed by atoms with E-state index in [1.165, 1.54) is 42.0 Å². The van der Waals surface area contributed by atoms with E-state index in [4.69, 9.17) is 9.72 Å². The van der Waals surface area contributed by atoms with Crippen LogP contribution in [0.2, 0.25) is 0 Å². The molecule has 3 aliphatic heterocycles. The highest BCUT2D eigenvalue weighted by molar-refractivity contribution is 6.02. The van der Waals surface area contributed by atoms with Gasteiger partial charge in [-0.15, -0.1) is 0 Å². The highest BCUT2D eigenvalue weighted by Gasteiger charge is 2.38. The van der Waals surface area contributed by atoms with Crippen molar-refractivity contribution in [2.24, 2.45) is 0 Å². The average molecular weight is 652 g/mol. The number of likely N-dealkylation sites (tertiary alicyclic amines) is 1. The van der Waals surface area contributed by atoms with Crippen LogP contribution in [0.4, 0.5) is 36.7 Å². The van der Waals surface area contributed by atoms with Crippen LogP contribution in [-0.4, -0.2) is 71.0 Å².